The summed E-state index contributed by atoms with van der Waals surface area (Å²) in [5.74, 6) is -0.436. The molecule has 0 saturated carbocycles. The van der Waals surface area contributed by atoms with E-state index in [0.717, 1.165) is 0 Å². The zero-order chi connectivity index (χ0) is 10.8. The summed E-state index contributed by atoms with van der Waals surface area (Å²) in [7, 11) is 0. The van der Waals surface area contributed by atoms with E-state index in [2.05, 4.69) is 10.2 Å². The third kappa shape index (κ3) is 1.63. The predicted molar refractivity (Wildman–Crippen MR) is 53.7 cm³/mol. The molecule has 2 aromatic rings. The van der Waals surface area contributed by atoms with Crippen LogP contribution in [0.2, 0.25) is 0 Å². The molecule has 0 aliphatic heterocycles. The number of hydrogen-bond donors (Lipinski definition) is 2. The van der Waals surface area contributed by atoms with Crippen LogP contribution in [0.4, 0.5) is 0 Å². The number of aromatic amines is 1. The third-order valence-electron chi connectivity index (χ3n) is 2.05. The summed E-state index contributed by atoms with van der Waals surface area (Å²) in [6.45, 7) is 2.03. The number of aromatic hydroxyl groups is 1. The van der Waals surface area contributed by atoms with Gasteiger partial charge in [0.25, 0.3) is 0 Å². The second kappa shape index (κ2) is 3.61. The van der Waals surface area contributed by atoms with E-state index < -0.39 is 5.97 Å². The highest BCUT2D eigenvalue weighted by Gasteiger charge is 2.11. The highest BCUT2D eigenvalue weighted by molar-refractivity contribution is 5.96. The lowest BCUT2D eigenvalue weighted by Crippen LogP contribution is -2.04. The number of phenolic OH excluding ortho intramolecular Hbond substituents is 1. The maximum absolute atomic E-state index is 11.4. The van der Waals surface area contributed by atoms with E-state index in [-0.39, 0.29) is 5.75 Å². The number of nitrogens with one attached hydrogen (secondary N) is 1. The Bertz CT molecular complexity index is 504. The summed E-state index contributed by atoms with van der Waals surface area (Å²) >= 11 is 0. The molecular formula is C10H10N2O3. The normalized spacial score (nSPS) is 10.5. The summed E-state index contributed by atoms with van der Waals surface area (Å²) < 4.78 is 4.82. The van der Waals surface area contributed by atoms with E-state index in [1.54, 1.807) is 13.0 Å². The van der Waals surface area contributed by atoms with Gasteiger partial charge in [-0.3, -0.25) is 5.10 Å². The molecule has 0 aliphatic rings. The van der Waals surface area contributed by atoms with Crippen LogP contribution in [-0.4, -0.2) is 27.9 Å². The van der Waals surface area contributed by atoms with Crippen LogP contribution in [0, 0.1) is 0 Å². The van der Waals surface area contributed by atoms with Crippen LogP contribution in [0.3, 0.4) is 0 Å². The topological polar surface area (TPSA) is 75.2 Å². The van der Waals surface area contributed by atoms with Crippen molar-refractivity contribution in [2.45, 2.75) is 6.92 Å². The van der Waals surface area contributed by atoms with Crippen LogP contribution < -0.4 is 0 Å². The van der Waals surface area contributed by atoms with E-state index in [9.17, 15) is 9.90 Å². The van der Waals surface area contributed by atoms with Gasteiger partial charge in [0.1, 0.15) is 5.75 Å². The second-order valence-corrected chi connectivity index (χ2v) is 3.05. The van der Waals surface area contributed by atoms with Crippen LogP contribution in [0.25, 0.3) is 10.9 Å². The number of phenols is 1. The maximum Gasteiger partial charge on any atom is 0.338 e. The molecule has 0 fully saturated rings. The first-order chi connectivity index (χ1) is 7.22. The van der Waals surface area contributed by atoms with Gasteiger partial charge in [-0.2, -0.15) is 5.10 Å². The molecule has 0 amide bonds. The molecule has 1 heterocycles. The molecule has 2 rings (SSSR count). The van der Waals surface area contributed by atoms with Crippen LogP contribution in [0.15, 0.2) is 18.3 Å². The maximum atomic E-state index is 11.4. The van der Waals surface area contributed by atoms with Crippen LogP contribution in [-0.2, 0) is 4.74 Å². The van der Waals surface area contributed by atoms with E-state index in [0.29, 0.717) is 23.1 Å². The fourth-order valence-electron chi connectivity index (χ4n) is 1.36. The van der Waals surface area contributed by atoms with Crippen molar-refractivity contribution >= 4 is 16.9 Å². The fourth-order valence-corrected chi connectivity index (χ4v) is 1.36. The molecule has 2 N–H and O–H groups in total. The Balaban J connectivity index is 2.49. The molecule has 0 bridgehead atoms. The van der Waals surface area contributed by atoms with E-state index >= 15 is 0 Å². The number of H-pyrrole nitrogens is 1. The van der Waals surface area contributed by atoms with Crippen LogP contribution in [0.1, 0.15) is 17.3 Å². The number of aromatic nitrogens is 2. The van der Waals surface area contributed by atoms with E-state index in [4.69, 9.17) is 4.74 Å². The molecule has 0 atom stereocenters. The molecule has 1 aromatic heterocycles. The summed E-state index contributed by atoms with van der Waals surface area (Å²) in [5.41, 5.74) is 0.921. The Labute approximate surface area is 85.7 Å². The summed E-state index contributed by atoms with van der Waals surface area (Å²) in [4.78, 5) is 11.4. The van der Waals surface area contributed by atoms with Gasteiger partial charge in [-0.15, -0.1) is 0 Å². The average molecular weight is 206 g/mol. The quantitative estimate of drug-likeness (QED) is 0.729. The summed E-state index contributed by atoms with van der Waals surface area (Å²) in [6, 6.07) is 2.97. The first-order valence-corrected chi connectivity index (χ1v) is 4.55. The average Bonchev–Trinajstić information content (AvgIpc) is 2.66. The minimum absolute atomic E-state index is 0.0179. The number of rotatable bonds is 2. The van der Waals surface area contributed by atoms with Gasteiger partial charge in [0.05, 0.1) is 29.3 Å². The minimum Gasteiger partial charge on any atom is -0.507 e. The second-order valence-electron chi connectivity index (χ2n) is 3.05. The Morgan fingerprint density at radius 3 is 3.13 bits per heavy atom. The zero-order valence-electron chi connectivity index (χ0n) is 8.15. The molecule has 1 aromatic carbocycles. The lowest BCUT2D eigenvalue weighted by Gasteiger charge is -2.02. The molecular weight excluding hydrogens is 196 g/mol. The number of benzene rings is 1. The minimum atomic E-state index is -0.454. The lowest BCUT2D eigenvalue weighted by molar-refractivity contribution is 0.0526. The molecule has 5 nitrogen and oxygen atoms in total. The highest BCUT2D eigenvalue weighted by atomic mass is 16.5. The Morgan fingerprint density at radius 1 is 1.60 bits per heavy atom. The molecule has 0 aliphatic carbocycles. The predicted octanol–water partition coefficient (Wildman–Crippen LogP) is 1.45. The number of carbonyl (C=O) groups is 1. The van der Waals surface area contributed by atoms with Gasteiger partial charge >= 0.3 is 5.97 Å². The van der Waals surface area contributed by atoms with E-state index in [1.165, 1.54) is 12.3 Å². The van der Waals surface area contributed by atoms with Crippen molar-refractivity contribution in [1.29, 1.82) is 0 Å². The van der Waals surface area contributed by atoms with Crippen molar-refractivity contribution in [3.05, 3.63) is 23.9 Å². The molecule has 0 saturated heterocycles. The third-order valence-corrected chi connectivity index (χ3v) is 2.05. The monoisotopic (exact) mass is 206 g/mol. The van der Waals surface area contributed by atoms with Crippen molar-refractivity contribution in [2.75, 3.05) is 6.61 Å². The van der Waals surface area contributed by atoms with E-state index in [1.807, 2.05) is 0 Å². The van der Waals surface area contributed by atoms with Crippen molar-refractivity contribution in [1.82, 2.24) is 10.2 Å². The zero-order valence-corrected chi connectivity index (χ0v) is 8.15. The van der Waals surface area contributed by atoms with Crippen molar-refractivity contribution in [3.63, 3.8) is 0 Å². The molecule has 15 heavy (non-hydrogen) atoms. The SMILES string of the molecule is CCOC(=O)c1cc(O)c2cn[nH]c2c1. The fraction of sp³-hybridized carbons (Fsp3) is 0.200. The van der Waals surface area contributed by atoms with Crippen molar-refractivity contribution in [2.24, 2.45) is 0 Å². The van der Waals surface area contributed by atoms with Crippen LogP contribution >= 0.6 is 0 Å². The standard InChI is InChI=1S/C10H10N2O3/c1-2-15-10(14)6-3-8-7(5-11-12-8)9(13)4-6/h3-5,13H,2H2,1H3,(H,11,12). The molecule has 0 unspecified atom stereocenters. The van der Waals surface area contributed by atoms with Crippen molar-refractivity contribution < 1.29 is 14.6 Å². The van der Waals surface area contributed by atoms with Gasteiger partial charge in [-0.05, 0) is 19.1 Å². The largest absolute Gasteiger partial charge is 0.507 e. The number of esters is 1. The summed E-state index contributed by atoms with van der Waals surface area (Å²) in [5, 5.41) is 16.6. The van der Waals surface area contributed by atoms with Gasteiger partial charge in [0, 0.05) is 0 Å². The van der Waals surface area contributed by atoms with Crippen molar-refractivity contribution in [3.8, 4) is 5.75 Å². The number of ether oxygens (including phenoxy) is 1. The van der Waals surface area contributed by atoms with Gasteiger partial charge in [-0.1, -0.05) is 0 Å². The lowest BCUT2D eigenvalue weighted by atomic mass is 10.1. The molecule has 0 spiro atoms. The number of fused-ring (bicyclic) bond motifs is 1. The van der Waals surface area contributed by atoms with Gasteiger partial charge < -0.3 is 9.84 Å². The summed E-state index contributed by atoms with van der Waals surface area (Å²) in [6.07, 6.45) is 1.50. The van der Waals surface area contributed by atoms with Gasteiger partial charge in [0.15, 0.2) is 0 Å². The van der Waals surface area contributed by atoms with Crippen LogP contribution in [0.5, 0.6) is 5.75 Å². The molecule has 5 heteroatoms. The number of carbonyl (C=O) groups excluding carboxylic acids is 1. The number of nitrogens with zero attached hydrogens (tertiary/aromatic N) is 1. The van der Waals surface area contributed by atoms with Gasteiger partial charge in [0.2, 0.25) is 0 Å². The van der Waals surface area contributed by atoms with Gasteiger partial charge in [-0.25, -0.2) is 4.79 Å². The first-order valence-electron chi connectivity index (χ1n) is 4.55. The molecule has 78 valence electrons. The highest BCUT2D eigenvalue weighted by Crippen LogP contribution is 2.24. The molecule has 0 radical (unpaired) electrons. The Morgan fingerprint density at radius 2 is 2.40 bits per heavy atom. The number of hydrogen-bond acceptors (Lipinski definition) is 4. The smallest absolute Gasteiger partial charge is 0.338 e. The Hall–Kier alpha value is -2.04. The Kier molecular flexibility index (Phi) is 2.29. The first kappa shape index (κ1) is 9.51.